The fraction of sp³-hybridized carbons (Fsp3) is 0.333. The molecule has 1 unspecified atom stereocenters. The van der Waals surface area contributed by atoms with Crippen molar-refractivity contribution in [3.63, 3.8) is 0 Å². The van der Waals surface area contributed by atoms with E-state index in [4.69, 9.17) is 4.74 Å². The molecule has 0 saturated carbocycles. The predicted molar refractivity (Wildman–Crippen MR) is 109 cm³/mol. The summed E-state index contributed by atoms with van der Waals surface area (Å²) in [5.74, 6) is -0.412. The Morgan fingerprint density at radius 3 is 2.45 bits per heavy atom. The molecular weight excluding hydrogens is 369 g/mol. The van der Waals surface area contributed by atoms with Crippen molar-refractivity contribution in [1.82, 2.24) is 0 Å². The van der Waals surface area contributed by atoms with Gasteiger partial charge >= 0.3 is 0 Å². The number of benzene rings is 2. The van der Waals surface area contributed by atoms with Crippen LogP contribution < -0.4 is 9.64 Å². The smallest absolute Gasteiger partial charge is 0.232 e. The molecule has 0 bridgehead atoms. The first-order valence-corrected chi connectivity index (χ1v) is 9.79. The number of ether oxygens (including phenoxy) is 1. The molecule has 4 nitrogen and oxygen atoms in total. The molecule has 1 heterocycles. The lowest BCUT2D eigenvalue weighted by Crippen LogP contribution is -2.44. The monoisotopic (exact) mass is 393 g/mol. The van der Waals surface area contributed by atoms with E-state index in [1.165, 1.54) is 11.0 Å². The van der Waals surface area contributed by atoms with Crippen molar-refractivity contribution < 1.29 is 18.7 Å². The normalized spacial score (nSPS) is 21.2. The number of allylic oxidation sites excluding steroid dienone is 2. The van der Waals surface area contributed by atoms with E-state index in [1.54, 1.807) is 25.3 Å². The van der Waals surface area contributed by atoms with Gasteiger partial charge in [-0.25, -0.2) is 4.39 Å². The molecule has 0 N–H and O–H groups in total. The number of carbonyl (C=O) groups excluding carboxylic acids is 2. The molecule has 1 aliphatic carbocycles. The molecular formula is C24H24FNO3. The minimum absolute atomic E-state index is 0.0148. The van der Waals surface area contributed by atoms with Crippen molar-refractivity contribution in [3.8, 4) is 5.75 Å². The summed E-state index contributed by atoms with van der Waals surface area (Å²) in [6.07, 6.45) is 1.02. The summed E-state index contributed by atoms with van der Waals surface area (Å²) in [7, 11) is 1.58. The largest absolute Gasteiger partial charge is 0.496 e. The van der Waals surface area contributed by atoms with Crippen molar-refractivity contribution in [2.75, 3.05) is 12.0 Å². The number of carbonyl (C=O) groups is 2. The highest BCUT2D eigenvalue weighted by molar-refractivity contribution is 6.08. The second-order valence-electron chi connectivity index (χ2n) is 8.48. The second kappa shape index (κ2) is 7.14. The molecule has 0 spiro atoms. The average Bonchev–Trinajstić information content (AvgIpc) is 2.67. The summed E-state index contributed by atoms with van der Waals surface area (Å²) < 4.78 is 20.1. The first kappa shape index (κ1) is 19.4. The van der Waals surface area contributed by atoms with Crippen LogP contribution in [-0.4, -0.2) is 18.8 Å². The quantitative estimate of drug-likeness (QED) is 0.737. The number of rotatable bonds is 3. The molecule has 2 aromatic carbocycles. The third-order valence-electron chi connectivity index (χ3n) is 5.75. The van der Waals surface area contributed by atoms with E-state index >= 15 is 0 Å². The summed E-state index contributed by atoms with van der Waals surface area (Å²) in [6.45, 7) is 4.01. The van der Waals surface area contributed by atoms with Crippen molar-refractivity contribution in [2.24, 2.45) is 5.41 Å². The van der Waals surface area contributed by atoms with Crippen LogP contribution in [0.15, 0.2) is 59.8 Å². The lowest BCUT2D eigenvalue weighted by atomic mass is 9.69. The molecule has 1 atom stereocenters. The number of Topliss-reactive ketones (excluding diaryl/α,β-unsaturated/α-hetero) is 1. The predicted octanol–water partition coefficient (Wildman–Crippen LogP) is 5.00. The zero-order valence-corrected chi connectivity index (χ0v) is 16.9. The third-order valence-corrected chi connectivity index (χ3v) is 5.75. The summed E-state index contributed by atoms with van der Waals surface area (Å²) in [4.78, 5) is 28.0. The van der Waals surface area contributed by atoms with Crippen molar-refractivity contribution in [3.05, 3.63) is 71.2 Å². The molecule has 0 aromatic heterocycles. The number of hydrogen-bond acceptors (Lipinski definition) is 3. The van der Waals surface area contributed by atoms with Crippen molar-refractivity contribution in [2.45, 2.75) is 39.0 Å². The zero-order chi connectivity index (χ0) is 20.8. The molecule has 1 aliphatic heterocycles. The molecule has 0 fully saturated rings. The van der Waals surface area contributed by atoms with Gasteiger partial charge in [0.1, 0.15) is 11.6 Å². The van der Waals surface area contributed by atoms with Crippen LogP contribution >= 0.6 is 0 Å². The molecule has 5 heteroatoms. The van der Waals surface area contributed by atoms with Crippen LogP contribution in [0.1, 0.15) is 44.6 Å². The van der Waals surface area contributed by atoms with Gasteiger partial charge in [0.15, 0.2) is 5.78 Å². The first-order valence-electron chi connectivity index (χ1n) is 9.79. The first-order chi connectivity index (χ1) is 13.8. The van der Waals surface area contributed by atoms with Gasteiger partial charge in [0.25, 0.3) is 0 Å². The number of ketones is 1. The molecule has 0 saturated heterocycles. The Hall–Kier alpha value is -2.95. The molecule has 2 aliphatic rings. The minimum Gasteiger partial charge on any atom is -0.496 e. The minimum atomic E-state index is -0.473. The number of amides is 1. The van der Waals surface area contributed by atoms with Crippen LogP contribution in [0.3, 0.4) is 0 Å². The number of para-hydroxylation sites is 2. The molecule has 4 rings (SSSR count). The van der Waals surface area contributed by atoms with Crippen molar-refractivity contribution >= 4 is 17.4 Å². The Kier molecular flexibility index (Phi) is 4.77. The Bertz CT molecular complexity index is 1020. The van der Waals surface area contributed by atoms with Gasteiger partial charge in [-0.05, 0) is 30.0 Å². The molecule has 1 amide bonds. The van der Waals surface area contributed by atoms with Crippen LogP contribution in [0.4, 0.5) is 10.1 Å². The van der Waals surface area contributed by atoms with Gasteiger partial charge in [-0.2, -0.15) is 0 Å². The van der Waals surface area contributed by atoms with Gasteiger partial charge in [-0.1, -0.05) is 44.2 Å². The average molecular weight is 393 g/mol. The van der Waals surface area contributed by atoms with Crippen LogP contribution in [0.25, 0.3) is 0 Å². The fourth-order valence-corrected chi connectivity index (χ4v) is 4.55. The van der Waals surface area contributed by atoms with E-state index in [0.717, 1.165) is 5.56 Å². The van der Waals surface area contributed by atoms with Gasteiger partial charge in [-0.15, -0.1) is 0 Å². The highest BCUT2D eigenvalue weighted by Crippen LogP contribution is 2.49. The molecule has 150 valence electrons. The van der Waals surface area contributed by atoms with Gasteiger partial charge in [0, 0.05) is 35.6 Å². The van der Waals surface area contributed by atoms with E-state index in [-0.39, 0.29) is 35.1 Å². The van der Waals surface area contributed by atoms with Gasteiger partial charge in [0.2, 0.25) is 5.91 Å². The Morgan fingerprint density at radius 1 is 1.03 bits per heavy atom. The van der Waals surface area contributed by atoms with Gasteiger partial charge in [0.05, 0.1) is 12.8 Å². The molecule has 2 aromatic rings. The summed E-state index contributed by atoms with van der Waals surface area (Å²) in [5.41, 5.74) is 1.94. The van der Waals surface area contributed by atoms with Crippen LogP contribution in [0.2, 0.25) is 0 Å². The van der Waals surface area contributed by atoms with Crippen LogP contribution in [-0.2, 0) is 9.59 Å². The number of nitrogens with zero attached hydrogens (tertiary/aromatic N) is 1. The Labute approximate surface area is 170 Å². The zero-order valence-electron chi connectivity index (χ0n) is 16.9. The molecule has 0 radical (unpaired) electrons. The third kappa shape index (κ3) is 3.35. The maximum absolute atomic E-state index is 14.6. The summed E-state index contributed by atoms with van der Waals surface area (Å²) >= 11 is 0. The van der Waals surface area contributed by atoms with Crippen LogP contribution in [0, 0.1) is 11.2 Å². The summed E-state index contributed by atoms with van der Waals surface area (Å²) in [6, 6.07) is 13.7. The van der Waals surface area contributed by atoms with Crippen LogP contribution in [0.5, 0.6) is 5.75 Å². The second-order valence-corrected chi connectivity index (χ2v) is 8.48. The number of methoxy groups -OCH3 is 1. The van der Waals surface area contributed by atoms with Gasteiger partial charge < -0.3 is 4.74 Å². The Balaban J connectivity index is 1.94. The summed E-state index contributed by atoms with van der Waals surface area (Å²) in [5, 5.41) is 0. The SMILES string of the molecule is COc1ccccc1C1CC(=O)N(c2ccccc2F)C2=C1C(=O)CC(C)(C)C2. The highest BCUT2D eigenvalue weighted by Gasteiger charge is 2.45. The topological polar surface area (TPSA) is 46.6 Å². The lowest BCUT2D eigenvalue weighted by Gasteiger charge is -2.43. The Morgan fingerprint density at radius 2 is 1.72 bits per heavy atom. The maximum atomic E-state index is 14.6. The van der Waals surface area contributed by atoms with E-state index < -0.39 is 5.82 Å². The lowest BCUT2D eigenvalue weighted by molar-refractivity contribution is -0.121. The van der Waals surface area contributed by atoms with E-state index in [9.17, 15) is 14.0 Å². The van der Waals surface area contributed by atoms with E-state index in [1.807, 2.05) is 38.1 Å². The van der Waals surface area contributed by atoms with Gasteiger partial charge in [-0.3, -0.25) is 14.5 Å². The highest BCUT2D eigenvalue weighted by atomic mass is 19.1. The van der Waals surface area contributed by atoms with Crippen molar-refractivity contribution in [1.29, 1.82) is 0 Å². The number of anilines is 1. The number of hydrogen-bond donors (Lipinski definition) is 0. The van der Waals surface area contributed by atoms with E-state index in [0.29, 0.717) is 29.9 Å². The molecule has 29 heavy (non-hydrogen) atoms. The maximum Gasteiger partial charge on any atom is 0.232 e. The number of halogens is 1. The van der Waals surface area contributed by atoms with E-state index in [2.05, 4.69) is 0 Å². The fourth-order valence-electron chi connectivity index (χ4n) is 4.55. The standard InChI is InChI=1S/C24H24FNO3/c1-24(2)13-19-23(20(27)14-24)16(15-8-4-7-11-21(15)29-3)12-22(28)26(19)18-10-6-5-9-17(18)25/h4-11,16H,12-14H2,1-3H3.